The third-order valence-corrected chi connectivity index (χ3v) is 7.79. The Morgan fingerprint density at radius 3 is 2.43 bits per heavy atom. The molecule has 2 aliphatic heterocycles. The number of likely N-dealkylation sites (tertiary alicyclic amines) is 1. The van der Waals surface area contributed by atoms with E-state index >= 15 is 0 Å². The van der Waals surface area contributed by atoms with Crippen molar-refractivity contribution in [2.75, 3.05) is 32.7 Å². The summed E-state index contributed by atoms with van der Waals surface area (Å²) in [6.45, 7) is 3.67. The van der Waals surface area contributed by atoms with Crippen molar-refractivity contribution in [2.24, 2.45) is 7.05 Å². The number of fused-ring (bicyclic) bond motifs is 2. The van der Waals surface area contributed by atoms with Crippen LogP contribution in [0.15, 0.2) is 78.9 Å². The summed E-state index contributed by atoms with van der Waals surface area (Å²) in [6.07, 6.45) is 2.45. The quantitative estimate of drug-likeness (QED) is 0.410. The normalized spacial score (nSPS) is 17.5. The van der Waals surface area contributed by atoms with Crippen molar-refractivity contribution in [3.63, 3.8) is 0 Å². The lowest BCUT2D eigenvalue weighted by Crippen LogP contribution is -2.42. The van der Waals surface area contributed by atoms with Gasteiger partial charge in [0.1, 0.15) is 6.54 Å². The molecule has 3 aromatic carbocycles. The van der Waals surface area contributed by atoms with Crippen LogP contribution in [0.5, 0.6) is 0 Å². The molecule has 0 spiro atoms. The number of rotatable bonds is 7. The molecule has 2 aliphatic rings. The minimum Gasteiger partial charge on any atom is -0.353 e. The summed E-state index contributed by atoms with van der Waals surface area (Å²) in [6, 6.07) is 26.0. The maximum Gasteiger partial charge on any atom is 0.255 e. The van der Waals surface area contributed by atoms with Gasteiger partial charge in [0.15, 0.2) is 0 Å². The molecule has 0 unspecified atom stereocenters. The number of aryl methyl sites for hydroxylation is 1. The largest absolute Gasteiger partial charge is 0.353 e. The highest BCUT2D eigenvalue weighted by Gasteiger charge is 2.41. The van der Waals surface area contributed by atoms with Crippen molar-refractivity contribution in [3.05, 3.63) is 95.6 Å². The summed E-state index contributed by atoms with van der Waals surface area (Å²) < 4.78 is 2.21. The zero-order valence-electron chi connectivity index (χ0n) is 21.2. The molecular formula is C31H32N4O2. The van der Waals surface area contributed by atoms with Crippen LogP contribution in [-0.2, 0) is 11.8 Å². The minimum atomic E-state index is -0.352. The smallest absolute Gasteiger partial charge is 0.255 e. The van der Waals surface area contributed by atoms with Crippen molar-refractivity contribution < 1.29 is 9.59 Å². The molecule has 4 aromatic rings. The van der Waals surface area contributed by atoms with E-state index in [1.807, 2.05) is 54.6 Å². The van der Waals surface area contributed by atoms with E-state index in [0.717, 1.165) is 52.9 Å². The molecule has 0 radical (unpaired) electrons. The van der Waals surface area contributed by atoms with E-state index < -0.39 is 0 Å². The van der Waals surface area contributed by atoms with Crippen LogP contribution >= 0.6 is 0 Å². The molecule has 3 heterocycles. The van der Waals surface area contributed by atoms with Crippen LogP contribution < -0.4 is 5.32 Å². The van der Waals surface area contributed by atoms with Crippen LogP contribution in [-0.4, -0.2) is 58.9 Å². The first-order valence-corrected chi connectivity index (χ1v) is 13.1. The number of hydrogen-bond acceptors (Lipinski definition) is 3. The number of aromatic nitrogens is 1. The van der Waals surface area contributed by atoms with Gasteiger partial charge in [-0.3, -0.25) is 9.59 Å². The zero-order chi connectivity index (χ0) is 25.4. The summed E-state index contributed by atoms with van der Waals surface area (Å²) in [4.78, 5) is 31.0. The van der Waals surface area contributed by atoms with Gasteiger partial charge >= 0.3 is 0 Å². The van der Waals surface area contributed by atoms with E-state index in [4.69, 9.17) is 0 Å². The molecule has 0 aliphatic carbocycles. The number of benzene rings is 3. The van der Waals surface area contributed by atoms with Gasteiger partial charge in [0.2, 0.25) is 5.91 Å². The lowest BCUT2D eigenvalue weighted by atomic mass is 9.93. The van der Waals surface area contributed by atoms with E-state index in [2.05, 4.69) is 46.1 Å². The fourth-order valence-electron chi connectivity index (χ4n) is 6.06. The number of carbonyl (C=O) groups is 2. The monoisotopic (exact) mass is 492 g/mol. The number of para-hydroxylation sites is 1. The van der Waals surface area contributed by atoms with Crippen LogP contribution in [0.1, 0.15) is 40.4 Å². The fourth-order valence-corrected chi connectivity index (χ4v) is 6.06. The van der Waals surface area contributed by atoms with Gasteiger partial charge in [-0.05, 0) is 49.2 Å². The second kappa shape index (κ2) is 9.87. The van der Waals surface area contributed by atoms with E-state index in [0.29, 0.717) is 12.1 Å². The average Bonchev–Trinajstić information content (AvgIpc) is 3.62. The molecule has 6 rings (SSSR count). The maximum absolute atomic E-state index is 13.7. The van der Waals surface area contributed by atoms with Gasteiger partial charge < -0.3 is 19.7 Å². The van der Waals surface area contributed by atoms with Gasteiger partial charge in [0.25, 0.3) is 5.91 Å². The lowest BCUT2D eigenvalue weighted by molar-refractivity contribution is -0.122. The maximum atomic E-state index is 13.7. The highest BCUT2D eigenvalue weighted by molar-refractivity contribution is 6.03. The average molecular weight is 493 g/mol. The Morgan fingerprint density at radius 1 is 0.919 bits per heavy atom. The van der Waals surface area contributed by atoms with Crippen molar-refractivity contribution >= 4 is 22.7 Å². The molecular weight excluding hydrogens is 460 g/mol. The lowest BCUT2D eigenvalue weighted by Gasteiger charge is -2.26. The highest BCUT2D eigenvalue weighted by Crippen LogP contribution is 2.46. The molecule has 2 amide bonds. The van der Waals surface area contributed by atoms with Gasteiger partial charge in [-0.15, -0.1) is 0 Å². The second-order valence-electron chi connectivity index (χ2n) is 10.0. The predicted molar refractivity (Wildman–Crippen MR) is 146 cm³/mol. The standard InChI is InChI=1S/C31H32N4O2/c1-33-26-16-8-7-15-25(26)28(29(33)22-11-3-2-4-12-22)30-23-13-5-6-14-24(23)31(37)35(30)21-27(36)32-17-20-34-18-9-10-19-34/h2-8,11-16,30H,9-10,17-21H2,1H3,(H,32,36)/t30-/m0/s1. The summed E-state index contributed by atoms with van der Waals surface area (Å²) in [5.74, 6) is -0.214. The molecule has 6 nitrogen and oxygen atoms in total. The first-order chi connectivity index (χ1) is 18.1. The Bertz CT molecular complexity index is 1450. The molecule has 1 atom stereocenters. The summed E-state index contributed by atoms with van der Waals surface area (Å²) >= 11 is 0. The SMILES string of the molecule is Cn1c(-c2ccccc2)c([C@@H]2c3ccccc3C(=O)N2CC(=O)NCCN2CCCC2)c2ccccc21. The predicted octanol–water partition coefficient (Wildman–Crippen LogP) is 4.60. The molecule has 37 heavy (non-hydrogen) atoms. The first kappa shape index (κ1) is 23.5. The third kappa shape index (κ3) is 4.21. The Labute approximate surface area is 217 Å². The van der Waals surface area contributed by atoms with Crippen LogP contribution in [0.2, 0.25) is 0 Å². The van der Waals surface area contributed by atoms with Gasteiger partial charge in [0.05, 0.1) is 11.7 Å². The summed E-state index contributed by atoms with van der Waals surface area (Å²) in [5, 5.41) is 4.16. The van der Waals surface area contributed by atoms with Crippen molar-refractivity contribution in [2.45, 2.75) is 18.9 Å². The fraction of sp³-hybridized carbons (Fsp3) is 0.290. The Balaban J connectivity index is 1.41. The first-order valence-electron chi connectivity index (χ1n) is 13.1. The summed E-state index contributed by atoms with van der Waals surface area (Å²) in [7, 11) is 2.08. The second-order valence-corrected chi connectivity index (χ2v) is 10.0. The minimum absolute atomic E-state index is 0.0234. The zero-order valence-corrected chi connectivity index (χ0v) is 21.2. The molecule has 0 bridgehead atoms. The van der Waals surface area contributed by atoms with Crippen LogP contribution in [0.25, 0.3) is 22.2 Å². The Morgan fingerprint density at radius 2 is 1.62 bits per heavy atom. The van der Waals surface area contributed by atoms with Crippen molar-refractivity contribution in [1.29, 1.82) is 0 Å². The van der Waals surface area contributed by atoms with Crippen LogP contribution in [0.3, 0.4) is 0 Å². The molecule has 1 fully saturated rings. The molecule has 1 saturated heterocycles. The van der Waals surface area contributed by atoms with Gasteiger partial charge in [-0.2, -0.15) is 0 Å². The number of carbonyl (C=O) groups excluding carboxylic acids is 2. The van der Waals surface area contributed by atoms with E-state index in [1.54, 1.807) is 4.90 Å². The van der Waals surface area contributed by atoms with Gasteiger partial charge in [-0.1, -0.05) is 66.7 Å². The molecule has 188 valence electrons. The number of amides is 2. The van der Waals surface area contributed by atoms with Crippen molar-refractivity contribution in [3.8, 4) is 11.3 Å². The van der Waals surface area contributed by atoms with Crippen LogP contribution in [0.4, 0.5) is 0 Å². The molecule has 1 aromatic heterocycles. The van der Waals surface area contributed by atoms with Gasteiger partial charge in [0, 0.05) is 42.2 Å². The third-order valence-electron chi connectivity index (χ3n) is 7.79. The highest BCUT2D eigenvalue weighted by atomic mass is 16.2. The van der Waals surface area contributed by atoms with E-state index in [-0.39, 0.29) is 24.4 Å². The number of nitrogens with one attached hydrogen (secondary N) is 1. The molecule has 6 heteroatoms. The summed E-state index contributed by atoms with van der Waals surface area (Å²) in [5.41, 5.74) is 5.93. The molecule has 1 N–H and O–H groups in total. The Hall–Kier alpha value is -3.90. The number of hydrogen-bond donors (Lipinski definition) is 1. The number of nitrogens with zero attached hydrogens (tertiary/aromatic N) is 3. The van der Waals surface area contributed by atoms with E-state index in [9.17, 15) is 9.59 Å². The van der Waals surface area contributed by atoms with Gasteiger partial charge in [-0.25, -0.2) is 0 Å². The topological polar surface area (TPSA) is 57.6 Å². The molecule has 0 saturated carbocycles. The van der Waals surface area contributed by atoms with Crippen LogP contribution in [0, 0.1) is 0 Å². The Kier molecular flexibility index (Phi) is 6.26. The van der Waals surface area contributed by atoms with E-state index in [1.165, 1.54) is 12.8 Å². The van der Waals surface area contributed by atoms with Crippen molar-refractivity contribution in [1.82, 2.24) is 19.7 Å².